The molecule has 0 aliphatic heterocycles. The lowest BCUT2D eigenvalue weighted by molar-refractivity contribution is -0.139. The standard InChI is InChI=1S/C17H18ClNO5.ClH/c1-8-10-5-13(18)15(21)12(7-19-9-3-4-9)16(10)24-17(22)11(8)6-14(20)23-2;/h5,9,19,21H,3-4,6-7H2,1-2H3;1H. The van der Waals surface area contributed by atoms with Crippen LogP contribution >= 0.6 is 24.0 Å². The molecule has 0 spiro atoms. The van der Waals surface area contributed by atoms with Crippen LogP contribution < -0.4 is 10.9 Å². The van der Waals surface area contributed by atoms with E-state index in [2.05, 4.69) is 10.1 Å². The van der Waals surface area contributed by atoms with Gasteiger partial charge in [-0.05, 0) is 31.4 Å². The number of aryl methyl sites for hydroxylation is 1. The van der Waals surface area contributed by atoms with Crippen molar-refractivity contribution in [1.82, 2.24) is 5.32 Å². The number of phenolic OH excluding ortho intramolecular Hbond substituents is 1. The molecule has 1 aromatic heterocycles. The van der Waals surface area contributed by atoms with E-state index in [4.69, 9.17) is 16.0 Å². The van der Waals surface area contributed by atoms with Crippen molar-refractivity contribution in [2.45, 2.75) is 38.8 Å². The van der Waals surface area contributed by atoms with Gasteiger partial charge in [0.25, 0.3) is 0 Å². The molecule has 0 saturated heterocycles. The second kappa shape index (κ2) is 7.64. The predicted molar refractivity (Wildman–Crippen MR) is 96.7 cm³/mol. The first-order valence-electron chi connectivity index (χ1n) is 7.69. The summed E-state index contributed by atoms with van der Waals surface area (Å²) in [7, 11) is 1.26. The number of ether oxygens (including phenoxy) is 1. The Morgan fingerprint density at radius 1 is 1.44 bits per heavy atom. The Morgan fingerprint density at radius 3 is 2.72 bits per heavy atom. The van der Waals surface area contributed by atoms with E-state index in [-0.39, 0.29) is 35.2 Å². The van der Waals surface area contributed by atoms with Gasteiger partial charge in [-0.3, -0.25) is 4.79 Å². The molecule has 0 bridgehead atoms. The number of methoxy groups -OCH3 is 1. The number of rotatable bonds is 5. The molecule has 25 heavy (non-hydrogen) atoms. The summed E-state index contributed by atoms with van der Waals surface area (Å²) in [5, 5.41) is 14.3. The molecular formula is C17H19Cl2NO5. The molecular weight excluding hydrogens is 369 g/mol. The molecule has 1 aromatic carbocycles. The quantitative estimate of drug-likeness (QED) is 0.605. The topological polar surface area (TPSA) is 88.8 Å². The minimum Gasteiger partial charge on any atom is -0.506 e. The second-order valence-corrected chi connectivity index (χ2v) is 6.37. The Bertz CT molecular complexity index is 874. The summed E-state index contributed by atoms with van der Waals surface area (Å²) >= 11 is 6.13. The van der Waals surface area contributed by atoms with E-state index in [1.165, 1.54) is 7.11 Å². The summed E-state index contributed by atoms with van der Waals surface area (Å²) in [5.74, 6) is -0.620. The number of esters is 1. The SMILES string of the molecule is COC(=O)Cc1c(C)c2cc(Cl)c(O)c(CNC3CC3)c2oc1=O.Cl. The largest absolute Gasteiger partial charge is 0.506 e. The van der Waals surface area contributed by atoms with E-state index >= 15 is 0 Å². The van der Waals surface area contributed by atoms with E-state index in [0.29, 0.717) is 34.7 Å². The highest BCUT2D eigenvalue weighted by Gasteiger charge is 2.24. The lowest BCUT2D eigenvalue weighted by Gasteiger charge is -2.13. The van der Waals surface area contributed by atoms with Crippen molar-refractivity contribution in [3.63, 3.8) is 0 Å². The molecule has 6 nitrogen and oxygen atoms in total. The first kappa shape index (κ1) is 19.6. The number of benzene rings is 1. The number of hydrogen-bond acceptors (Lipinski definition) is 6. The van der Waals surface area contributed by atoms with Crippen molar-refractivity contribution >= 4 is 40.9 Å². The van der Waals surface area contributed by atoms with Crippen LogP contribution in [-0.2, 0) is 22.5 Å². The zero-order valence-corrected chi connectivity index (χ0v) is 15.4. The molecule has 1 aliphatic carbocycles. The van der Waals surface area contributed by atoms with Gasteiger partial charge in [-0.25, -0.2) is 4.79 Å². The number of phenols is 1. The molecule has 0 radical (unpaired) electrons. The number of aromatic hydroxyl groups is 1. The number of fused-ring (bicyclic) bond motifs is 1. The number of halogens is 2. The molecule has 1 saturated carbocycles. The Kier molecular flexibility index (Phi) is 5.98. The third-order valence-corrected chi connectivity index (χ3v) is 4.58. The van der Waals surface area contributed by atoms with Gasteiger partial charge in [-0.15, -0.1) is 12.4 Å². The lowest BCUT2D eigenvalue weighted by Crippen LogP contribution is -2.18. The lowest BCUT2D eigenvalue weighted by atomic mass is 10.0. The number of nitrogens with one attached hydrogen (secondary N) is 1. The highest BCUT2D eigenvalue weighted by Crippen LogP contribution is 2.36. The van der Waals surface area contributed by atoms with Crippen LogP contribution in [0.15, 0.2) is 15.3 Å². The first-order chi connectivity index (χ1) is 11.4. The molecule has 0 amide bonds. The number of carbonyl (C=O) groups excluding carboxylic acids is 1. The van der Waals surface area contributed by atoms with Crippen LogP contribution in [0.1, 0.15) is 29.5 Å². The molecule has 2 aromatic rings. The Labute approximate surface area is 155 Å². The van der Waals surface area contributed by atoms with Gasteiger partial charge >= 0.3 is 11.6 Å². The average Bonchev–Trinajstić information content (AvgIpc) is 3.37. The van der Waals surface area contributed by atoms with Crippen LogP contribution in [0, 0.1) is 6.92 Å². The third kappa shape index (κ3) is 3.92. The van der Waals surface area contributed by atoms with Crippen molar-refractivity contribution in [2.75, 3.05) is 7.11 Å². The van der Waals surface area contributed by atoms with Crippen molar-refractivity contribution < 1.29 is 19.1 Å². The van der Waals surface area contributed by atoms with Gasteiger partial charge in [-0.2, -0.15) is 0 Å². The fraction of sp³-hybridized carbons (Fsp3) is 0.412. The Morgan fingerprint density at radius 2 is 2.12 bits per heavy atom. The van der Waals surface area contributed by atoms with Crippen LogP contribution in [0.25, 0.3) is 11.0 Å². The van der Waals surface area contributed by atoms with E-state index < -0.39 is 11.6 Å². The van der Waals surface area contributed by atoms with Gasteiger partial charge in [0.05, 0.1) is 29.7 Å². The van der Waals surface area contributed by atoms with Crippen LogP contribution in [0.4, 0.5) is 0 Å². The first-order valence-corrected chi connectivity index (χ1v) is 8.07. The predicted octanol–water partition coefficient (Wildman–Crippen LogP) is 2.85. The summed E-state index contributed by atoms with van der Waals surface area (Å²) < 4.78 is 10.0. The number of carbonyl (C=O) groups is 1. The zero-order valence-electron chi connectivity index (χ0n) is 13.8. The van der Waals surface area contributed by atoms with Crippen molar-refractivity contribution in [1.29, 1.82) is 0 Å². The van der Waals surface area contributed by atoms with Crippen molar-refractivity contribution in [3.8, 4) is 5.75 Å². The Hall–Kier alpha value is -1.76. The molecule has 2 N–H and O–H groups in total. The van der Waals surface area contributed by atoms with E-state index in [1.54, 1.807) is 13.0 Å². The van der Waals surface area contributed by atoms with Gasteiger partial charge in [-0.1, -0.05) is 11.6 Å². The van der Waals surface area contributed by atoms with Crippen LogP contribution in [0.2, 0.25) is 5.02 Å². The maximum Gasteiger partial charge on any atom is 0.340 e. The van der Waals surface area contributed by atoms with E-state index in [1.807, 2.05) is 0 Å². The summed E-state index contributed by atoms with van der Waals surface area (Å²) in [5.41, 5.74) is 0.966. The average molecular weight is 388 g/mol. The summed E-state index contributed by atoms with van der Waals surface area (Å²) in [6.45, 7) is 2.08. The van der Waals surface area contributed by atoms with Gasteiger partial charge in [0.1, 0.15) is 11.3 Å². The fourth-order valence-corrected chi connectivity index (χ4v) is 2.88. The summed E-state index contributed by atoms with van der Waals surface area (Å²) in [6.07, 6.45) is 2.01. The van der Waals surface area contributed by atoms with Gasteiger partial charge < -0.3 is 19.6 Å². The fourth-order valence-electron chi connectivity index (χ4n) is 2.66. The molecule has 8 heteroatoms. The van der Waals surface area contributed by atoms with Crippen LogP contribution in [0.5, 0.6) is 5.75 Å². The second-order valence-electron chi connectivity index (χ2n) is 5.96. The third-order valence-electron chi connectivity index (χ3n) is 4.29. The van der Waals surface area contributed by atoms with Crippen LogP contribution in [-0.4, -0.2) is 24.2 Å². The van der Waals surface area contributed by atoms with Gasteiger partial charge in [0.15, 0.2) is 0 Å². The molecule has 0 atom stereocenters. The minimum atomic E-state index is -0.611. The highest BCUT2D eigenvalue weighted by atomic mass is 35.5. The molecule has 3 rings (SSSR count). The minimum absolute atomic E-state index is 0. The smallest absolute Gasteiger partial charge is 0.340 e. The molecule has 1 fully saturated rings. The van der Waals surface area contributed by atoms with E-state index in [0.717, 1.165) is 12.8 Å². The maximum absolute atomic E-state index is 12.3. The normalized spacial score (nSPS) is 13.6. The van der Waals surface area contributed by atoms with Gasteiger partial charge in [0, 0.05) is 18.0 Å². The summed E-state index contributed by atoms with van der Waals surface area (Å²) in [6, 6.07) is 1.97. The molecule has 1 aliphatic rings. The van der Waals surface area contributed by atoms with Crippen molar-refractivity contribution in [2.24, 2.45) is 0 Å². The zero-order chi connectivity index (χ0) is 17.4. The molecule has 1 heterocycles. The monoisotopic (exact) mass is 387 g/mol. The highest BCUT2D eigenvalue weighted by molar-refractivity contribution is 6.33. The summed E-state index contributed by atoms with van der Waals surface area (Å²) in [4.78, 5) is 23.8. The molecule has 0 unspecified atom stereocenters. The van der Waals surface area contributed by atoms with Crippen molar-refractivity contribution in [3.05, 3.63) is 38.2 Å². The molecule has 136 valence electrons. The number of hydrogen-bond donors (Lipinski definition) is 2. The Balaban J connectivity index is 0.00000225. The van der Waals surface area contributed by atoms with Gasteiger partial charge in [0.2, 0.25) is 0 Å². The van der Waals surface area contributed by atoms with Crippen LogP contribution in [0.3, 0.4) is 0 Å². The maximum atomic E-state index is 12.3. The van der Waals surface area contributed by atoms with E-state index in [9.17, 15) is 14.7 Å².